The first kappa shape index (κ1) is 14.5. The lowest BCUT2D eigenvalue weighted by Crippen LogP contribution is -3.00. The molecular formula is C14H26IN. The number of likely N-dealkylation sites (tertiary alicyclic amines) is 1. The Balaban J connectivity index is 0.00000128. The van der Waals surface area contributed by atoms with Crippen LogP contribution < -0.4 is 24.0 Å². The zero-order valence-electron chi connectivity index (χ0n) is 10.7. The van der Waals surface area contributed by atoms with E-state index in [4.69, 9.17) is 0 Å². The summed E-state index contributed by atoms with van der Waals surface area (Å²) < 4.78 is 1.35. The molecule has 2 heteroatoms. The molecule has 16 heavy (non-hydrogen) atoms. The number of nitrogens with zero attached hydrogens (tertiary/aromatic N) is 1. The van der Waals surface area contributed by atoms with Crippen molar-refractivity contribution in [2.45, 2.75) is 56.9 Å². The summed E-state index contributed by atoms with van der Waals surface area (Å²) in [7, 11) is 2.50. The van der Waals surface area contributed by atoms with Gasteiger partial charge in [0.1, 0.15) is 5.54 Å². The number of quaternary nitrogens is 1. The summed E-state index contributed by atoms with van der Waals surface area (Å²) in [5.74, 6) is 0. The van der Waals surface area contributed by atoms with E-state index >= 15 is 0 Å². The average molecular weight is 335 g/mol. The molecule has 0 aromatic rings. The van der Waals surface area contributed by atoms with E-state index in [1.165, 1.54) is 68.9 Å². The first-order valence-corrected chi connectivity index (χ1v) is 6.68. The summed E-state index contributed by atoms with van der Waals surface area (Å²) in [6, 6.07) is 0. The van der Waals surface area contributed by atoms with Crippen LogP contribution in [0.25, 0.3) is 0 Å². The summed E-state index contributed by atoms with van der Waals surface area (Å²) in [6.45, 7) is 6.81. The lowest BCUT2D eigenvalue weighted by molar-refractivity contribution is -0.950. The highest BCUT2D eigenvalue weighted by atomic mass is 127. The molecule has 1 aliphatic carbocycles. The SMILES string of the molecule is C=CCC1([N+]2(C)CCCC2)CCCCC1.[I-]. The maximum Gasteiger partial charge on any atom is 0.102 e. The van der Waals surface area contributed by atoms with Gasteiger partial charge in [0.15, 0.2) is 0 Å². The van der Waals surface area contributed by atoms with Gasteiger partial charge in [0, 0.05) is 32.1 Å². The highest BCUT2D eigenvalue weighted by molar-refractivity contribution is 4.92. The fraction of sp³-hybridized carbons (Fsp3) is 0.857. The van der Waals surface area contributed by atoms with Crippen molar-refractivity contribution in [2.75, 3.05) is 20.1 Å². The third-order valence-electron chi connectivity index (χ3n) is 5.01. The highest BCUT2D eigenvalue weighted by Gasteiger charge is 2.48. The molecule has 94 valence electrons. The number of halogens is 1. The van der Waals surface area contributed by atoms with Crippen LogP contribution in [-0.2, 0) is 0 Å². The van der Waals surface area contributed by atoms with Gasteiger partial charge in [-0.15, -0.1) is 6.58 Å². The minimum Gasteiger partial charge on any atom is -1.00 e. The molecule has 0 aromatic carbocycles. The Hall–Kier alpha value is 0.430. The van der Waals surface area contributed by atoms with Gasteiger partial charge < -0.3 is 28.5 Å². The van der Waals surface area contributed by atoms with E-state index in [0.29, 0.717) is 5.54 Å². The van der Waals surface area contributed by atoms with Crippen LogP contribution in [0.3, 0.4) is 0 Å². The normalized spacial score (nSPS) is 27.1. The lowest BCUT2D eigenvalue weighted by Gasteiger charge is -2.51. The molecule has 0 N–H and O–H groups in total. The third kappa shape index (κ3) is 2.47. The molecule has 0 unspecified atom stereocenters. The van der Waals surface area contributed by atoms with Gasteiger partial charge >= 0.3 is 0 Å². The van der Waals surface area contributed by atoms with Crippen LogP contribution in [0.2, 0.25) is 0 Å². The molecule has 1 heterocycles. The molecule has 1 aliphatic heterocycles. The molecule has 1 saturated heterocycles. The highest BCUT2D eigenvalue weighted by Crippen LogP contribution is 2.43. The predicted octanol–water partition coefficient (Wildman–Crippen LogP) is 0.510. The van der Waals surface area contributed by atoms with Crippen LogP contribution >= 0.6 is 0 Å². The van der Waals surface area contributed by atoms with Crippen molar-refractivity contribution in [3.8, 4) is 0 Å². The average Bonchev–Trinajstić information content (AvgIpc) is 2.69. The van der Waals surface area contributed by atoms with Crippen LogP contribution in [-0.4, -0.2) is 30.2 Å². The molecule has 0 amide bonds. The topological polar surface area (TPSA) is 0 Å². The molecule has 2 aliphatic rings. The molecule has 2 rings (SSSR count). The van der Waals surface area contributed by atoms with Crippen molar-refractivity contribution in [3.05, 3.63) is 12.7 Å². The first-order valence-electron chi connectivity index (χ1n) is 6.68. The van der Waals surface area contributed by atoms with Crippen molar-refractivity contribution in [3.63, 3.8) is 0 Å². The lowest BCUT2D eigenvalue weighted by atomic mass is 9.76. The number of hydrogen-bond acceptors (Lipinski definition) is 0. The molecule has 2 fully saturated rings. The summed E-state index contributed by atoms with van der Waals surface area (Å²) in [5, 5.41) is 0. The fourth-order valence-electron chi connectivity index (χ4n) is 3.95. The summed E-state index contributed by atoms with van der Waals surface area (Å²) in [6.07, 6.45) is 13.5. The molecule has 0 atom stereocenters. The van der Waals surface area contributed by atoms with Gasteiger partial charge in [-0.2, -0.15) is 0 Å². The number of hydrogen-bond donors (Lipinski definition) is 0. The monoisotopic (exact) mass is 335 g/mol. The van der Waals surface area contributed by atoms with E-state index in [0.717, 1.165) is 0 Å². The smallest absolute Gasteiger partial charge is 0.102 e. The van der Waals surface area contributed by atoms with Crippen molar-refractivity contribution in [2.24, 2.45) is 0 Å². The molecule has 0 spiro atoms. The Labute approximate surface area is 118 Å². The van der Waals surface area contributed by atoms with Crippen molar-refractivity contribution in [1.29, 1.82) is 0 Å². The van der Waals surface area contributed by atoms with Crippen molar-refractivity contribution < 1.29 is 28.5 Å². The Morgan fingerprint density at radius 3 is 2.12 bits per heavy atom. The van der Waals surface area contributed by atoms with Gasteiger partial charge in [0.05, 0.1) is 20.1 Å². The minimum absolute atomic E-state index is 0. The summed E-state index contributed by atoms with van der Waals surface area (Å²) in [5.41, 5.74) is 0.566. The molecule has 0 radical (unpaired) electrons. The van der Waals surface area contributed by atoms with Gasteiger partial charge in [-0.3, -0.25) is 0 Å². The zero-order chi connectivity index (χ0) is 10.8. The van der Waals surface area contributed by atoms with E-state index < -0.39 is 0 Å². The van der Waals surface area contributed by atoms with E-state index in [9.17, 15) is 0 Å². The Morgan fingerprint density at radius 2 is 1.62 bits per heavy atom. The van der Waals surface area contributed by atoms with Gasteiger partial charge in [-0.1, -0.05) is 12.5 Å². The van der Waals surface area contributed by atoms with E-state index in [1.807, 2.05) is 0 Å². The molecule has 0 aromatic heterocycles. The summed E-state index contributed by atoms with van der Waals surface area (Å²) >= 11 is 0. The Morgan fingerprint density at radius 1 is 1.06 bits per heavy atom. The van der Waals surface area contributed by atoms with Gasteiger partial charge in [-0.05, 0) is 12.8 Å². The second-order valence-electron chi connectivity index (χ2n) is 5.83. The van der Waals surface area contributed by atoms with Gasteiger partial charge in [0.25, 0.3) is 0 Å². The standard InChI is InChI=1S/C14H26N.HI/c1-3-9-14(10-5-4-6-11-14)15(2)12-7-8-13-15;/h3H,1,4-13H2,2H3;1H/q+1;/p-1. The van der Waals surface area contributed by atoms with Crippen molar-refractivity contribution >= 4 is 0 Å². The quantitative estimate of drug-likeness (QED) is 0.401. The predicted molar refractivity (Wildman–Crippen MR) is 65.8 cm³/mol. The number of rotatable bonds is 3. The Kier molecular flexibility index (Phi) is 5.30. The maximum atomic E-state index is 3.99. The second-order valence-corrected chi connectivity index (χ2v) is 5.83. The molecule has 0 bridgehead atoms. The van der Waals surface area contributed by atoms with Crippen LogP contribution in [0.1, 0.15) is 51.4 Å². The molecule has 1 saturated carbocycles. The Bertz CT molecular complexity index is 225. The van der Waals surface area contributed by atoms with E-state index in [1.54, 1.807) is 0 Å². The van der Waals surface area contributed by atoms with Crippen molar-refractivity contribution in [1.82, 2.24) is 0 Å². The molecule has 1 nitrogen and oxygen atoms in total. The third-order valence-corrected chi connectivity index (χ3v) is 5.01. The zero-order valence-corrected chi connectivity index (χ0v) is 12.8. The van der Waals surface area contributed by atoms with Gasteiger partial charge in [0.2, 0.25) is 0 Å². The van der Waals surface area contributed by atoms with Crippen LogP contribution in [0.15, 0.2) is 12.7 Å². The van der Waals surface area contributed by atoms with Crippen LogP contribution in [0, 0.1) is 0 Å². The molecular weight excluding hydrogens is 309 g/mol. The minimum atomic E-state index is 0. The maximum absolute atomic E-state index is 3.99. The fourth-order valence-corrected chi connectivity index (χ4v) is 3.95. The van der Waals surface area contributed by atoms with E-state index in [-0.39, 0.29) is 24.0 Å². The summed E-state index contributed by atoms with van der Waals surface area (Å²) in [4.78, 5) is 0. The van der Waals surface area contributed by atoms with Crippen LogP contribution in [0.5, 0.6) is 0 Å². The first-order chi connectivity index (χ1) is 7.22. The van der Waals surface area contributed by atoms with E-state index in [2.05, 4.69) is 19.7 Å². The van der Waals surface area contributed by atoms with Gasteiger partial charge in [-0.25, -0.2) is 0 Å². The largest absolute Gasteiger partial charge is 1.00 e. The second kappa shape index (κ2) is 5.85. The van der Waals surface area contributed by atoms with Crippen LogP contribution in [0.4, 0.5) is 0 Å².